The Labute approximate surface area is 546 Å². The molecule has 0 heterocycles. The van der Waals surface area contributed by atoms with E-state index in [0.717, 1.165) is 57.8 Å². The van der Waals surface area contributed by atoms with Gasteiger partial charge in [0.15, 0.2) is 6.10 Å². The normalized spacial score (nSPS) is 13.4. The maximum atomic E-state index is 12.9. The van der Waals surface area contributed by atoms with Crippen LogP contribution in [0.1, 0.15) is 373 Å². The number of nitrogens with zero attached hydrogens (tertiary/aromatic N) is 1. The van der Waals surface area contributed by atoms with Gasteiger partial charge in [-0.1, -0.05) is 344 Å². The molecule has 0 saturated carbocycles. The predicted molar refractivity (Wildman–Crippen MR) is 379 cm³/mol. The zero-order valence-corrected chi connectivity index (χ0v) is 59.8. The van der Waals surface area contributed by atoms with E-state index < -0.39 is 26.5 Å². The first-order chi connectivity index (χ1) is 43.0. The van der Waals surface area contributed by atoms with Crippen LogP contribution in [0.3, 0.4) is 0 Å². The van der Waals surface area contributed by atoms with E-state index in [1.54, 1.807) is 0 Å². The molecule has 0 aromatic heterocycles. The van der Waals surface area contributed by atoms with Crippen molar-refractivity contribution in [2.75, 3.05) is 47.5 Å². The molecule has 0 rings (SSSR count). The van der Waals surface area contributed by atoms with Crippen LogP contribution in [0.4, 0.5) is 0 Å². The summed E-state index contributed by atoms with van der Waals surface area (Å²) in [6.45, 7) is 4.19. The summed E-state index contributed by atoms with van der Waals surface area (Å²) in [5.41, 5.74) is 0. The number of hydrogen-bond acceptors (Lipinski definition) is 8. The van der Waals surface area contributed by atoms with E-state index in [0.29, 0.717) is 17.4 Å². The second-order valence-electron chi connectivity index (χ2n) is 27.0. The van der Waals surface area contributed by atoms with E-state index in [-0.39, 0.29) is 32.0 Å². The van der Waals surface area contributed by atoms with Crippen LogP contribution in [0.5, 0.6) is 0 Å². The van der Waals surface area contributed by atoms with Gasteiger partial charge in [-0.2, -0.15) is 0 Å². The Morgan fingerprint density at radius 3 is 0.977 bits per heavy atom. The molecule has 0 saturated heterocycles. The summed E-state index contributed by atoms with van der Waals surface area (Å²) in [5.74, 6) is -0.812. The third-order valence-electron chi connectivity index (χ3n) is 17.0. The van der Waals surface area contributed by atoms with Crippen LogP contribution in [-0.4, -0.2) is 70.0 Å². The van der Waals surface area contributed by atoms with Gasteiger partial charge in [-0.25, -0.2) is 0 Å². The Kier molecular flexibility index (Phi) is 67.3. The standard InChI is InChI=1S/C78H146NO8P/c1-6-8-10-12-14-16-18-20-22-24-26-28-30-32-33-34-35-36-37-38-39-40-41-42-43-44-45-47-49-51-53-55-57-59-61-63-65-67-69-71-78(81)87-76(75-86-88(82,83)85-73-72-79(3,4)5)74-84-77(80)70-68-66-64-62-60-58-56-54-52-50-48-46-31-29-27-25-23-21-19-17-15-13-11-9-7-2/h8,10,14,16,20,22,25-28,76H,6-7,9,11-13,15,17-19,21,23-24,29-75H2,1-5H3/b10-8-,16-14-,22-20-,27-25-,28-26-. The Hall–Kier alpha value is -2.29. The lowest BCUT2D eigenvalue weighted by atomic mass is 10.0. The minimum atomic E-state index is -4.64. The van der Waals surface area contributed by atoms with E-state index in [4.69, 9.17) is 18.5 Å². The van der Waals surface area contributed by atoms with Crippen molar-refractivity contribution >= 4 is 19.8 Å². The molecule has 0 aliphatic carbocycles. The zero-order chi connectivity index (χ0) is 64.1. The first-order valence-electron chi connectivity index (χ1n) is 38.0. The van der Waals surface area contributed by atoms with Crippen molar-refractivity contribution in [3.63, 3.8) is 0 Å². The fourth-order valence-corrected chi connectivity index (χ4v) is 12.0. The number of unbranched alkanes of at least 4 members (excludes halogenated alkanes) is 47. The molecule has 0 N–H and O–H groups in total. The maximum absolute atomic E-state index is 12.9. The number of phosphoric acid groups is 1. The topological polar surface area (TPSA) is 111 Å². The highest BCUT2D eigenvalue weighted by molar-refractivity contribution is 7.45. The molecular formula is C78H146NO8P. The van der Waals surface area contributed by atoms with Crippen molar-refractivity contribution in [3.8, 4) is 0 Å². The summed E-state index contributed by atoms with van der Waals surface area (Å²) >= 11 is 0. The summed E-state index contributed by atoms with van der Waals surface area (Å²) < 4.78 is 34.4. The quantitative estimate of drug-likeness (QED) is 0.0195. The number of allylic oxidation sites excluding steroid dienone is 10. The second-order valence-corrected chi connectivity index (χ2v) is 28.4. The predicted octanol–water partition coefficient (Wildman–Crippen LogP) is 24.3. The largest absolute Gasteiger partial charge is 0.756 e. The summed E-state index contributed by atoms with van der Waals surface area (Å²) in [6, 6.07) is 0. The van der Waals surface area contributed by atoms with Crippen LogP contribution in [0, 0.1) is 0 Å². The van der Waals surface area contributed by atoms with Crippen molar-refractivity contribution in [2.45, 2.75) is 380 Å². The van der Waals surface area contributed by atoms with Gasteiger partial charge in [-0.05, 0) is 77.0 Å². The van der Waals surface area contributed by atoms with Crippen LogP contribution in [0.25, 0.3) is 0 Å². The molecular weight excluding hydrogens is 1110 g/mol. The monoisotopic (exact) mass is 1260 g/mol. The molecule has 0 amide bonds. The van der Waals surface area contributed by atoms with Gasteiger partial charge in [-0.3, -0.25) is 14.2 Å². The minimum absolute atomic E-state index is 0.0285. The van der Waals surface area contributed by atoms with Gasteiger partial charge in [0.1, 0.15) is 19.8 Å². The number of carbonyl (C=O) groups is 2. The molecule has 0 spiro atoms. The van der Waals surface area contributed by atoms with Crippen LogP contribution in [0.2, 0.25) is 0 Å². The number of quaternary nitrogens is 1. The molecule has 0 aromatic rings. The van der Waals surface area contributed by atoms with E-state index in [2.05, 4.69) is 74.6 Å². The average molecular weight is 1260 g/mol. The van der Waals surface area contributed by atoms with E-state index in [1.165, 1.54) is 283 Å². The van der Waals surface area contributed by atoms with Gasteiger partial charge in [0.05, 0.1) is 27.7 Å². The molecule has 0 aliphatic rings. The third kappa shape index (κ3) is 72.8. The van der Waals surface area contributed by atoms with Crippen molar-refractivity contribution < 1.29 is 42.1 Å². The maximum Gasteiger partial charge on any atom is 0.306 e. The highest BCUT2D eigenvalue weighted by Crippen LogP contribution is 2.38. The molecule has 2 atom stereocenters. The lowest BCUT2D eigenvalue weighted by molar-refractivity contribution is -0.870. The van der Waals surface area contributed by atoms with Crippen molar-refractivity contribution in [2.24, 2.45) is 0 Å². The highest BCUT2D eigenvalue weighted by Gasteiger charge is 2.22. The number of esters is 2. The van der Waals surface area contributed by atoms with Crippen LogP contribution in [-0.2, 0) is 32.7 Å². The number of ether oxygens (including phenoxy) is 2. The Bertz CT molecular complexity index is 1670. The van der Waals surface area contributed by atoms with E-state index >= 15 is 0 Å². The van der Waals surface area contributed by atoms with Gasteiger partial charge >= 0.3 is 11.9 Å². The average Bonchev–Trinajstić information content (AvgIpc) is 3.68. The smallest absolute Gasteiger partial charge is 0.306 e. The fraction of sp³-hybridized carbons (Fsp3) is 0.846. The molecule has 0 bridgehead atoms. The Morgan fingerprint density at radius 2 is 0.648 bits per heavy atom. The number of rotatable bonds is 71. The van der Waals surface area contributed by atoms with Crippen LogP contribution in [0.15, 0.2) is 60.8 Å². The van der Waals surface area contributed by atoms with Crippen LogP contribution < -0.4 is 4.89 Å². The van der Waals surface area contributed by atoms with E-state index in [9.17, 15) is 19.0 Å². The molecule has 0 radical (unpaired) electrons. The first-order valence-corrected chi connectivity index (χ1v) is 39.5. The zero-order valence-electron chi connectivity index (χ0n) is 58.9. The van der Waals surface area contributed by atoms with Gasteiger partial charge in [0, 0.05) is 12.8 Å². The van der Waals surface area contributed by atoms with Gasteiger partial charge in [0.25, 0.3) is 7.82 Å². The number of likely N-dealkylation sites (N-methyl/N-ethyl adjacent to an activating group) is 1. The summed E-state index contributed by atoms with van der Waals surface area (Å²) in [7, 11) is 1.19. The summed E-state index contributed by atoms with van der Waals surface area (Å²) in [4.78, 5) is 38.1. The molecule has 0 aliphatic heterocycles. The number of carbonyl (C=O) groups excluding carboxylic acids is 2. The van der Waals surface area contributed by atoms with Crippen molar-refractivity contribution in [1.29, 1.82) is 0 Å². The van der Waals surface area contributed by atoms with Gasteiger partial charge in [-0.15, -0.1) is 0 Å². The molecule has 9 nitrogen and oxygen atoms in total. The number of phosphoric ester groups is 1. The SMILES string of the molecule is CC/C=C\C/C=C\C/C=C\C/C=C\CCCCCCCCCCCCCCCCCCCCCCCCCCCCC(=O)OC(COC(=O)CCCCCCCCCCCCCCC/C=C\CCCCCCCCCC)COP(=O)([O-])OCC[N+](C)(C)C. The van der Waals surface area contributed by atoms with Gasteiger partial charge < -0.3 is 27.9 Å². The first kappa shape index (κ1) is 85.7. The highest BCUT2D eigenvalue weighted by atomic mass is 31.2. The third-order valence-corrected chi connectivity index (χ3v) is 18.0. The molecule has 2 unspecified atom stereocenters. The van der Waals surface area contributed by atoms with Gasteiger partial charge in [0.2, 0.25) is 0 Å². The lowest BCUT2D eigenvalue weighted by Crippen LogP contribution is -2.37. The second kappa shape index (κ2) is 69.1. The molecule has 0 aromatic carbocycles. The summed E-state index contributed by atoms with van der Waals surface area (Å²) in [6.07, 6.45) is 91.9. The lowest BCUT2D eigenvalue weighted by Gasteiger charge is -2.28. The van der Waals surface area contributed by atoms with E-state index in [1.807, 2.05) is 21.1 Å². The van der Waals surface area contributed by atoms with Crippen molar-refractivity contribution in [3.05, 3.63) is 60.8 Å². The number of hydrogen-bond donors (Lipinski definition) is 0. The Balaban J connectivity index is 3.91. The molecule has 88 heavy (non-hydrogen) atoms. The Morgan fingerprint density at radius 1 is 0.364 bits per heavy atom. The fourth-order valence-electron chi connectivity index (χ4n) is 11.2. The van der Waals surface area contributed by atoms with Crippen molar-refractivity contribution in [1.82, 2.24) is 0 Å². The molecule has 0 fully saturated rings. The minimum Gasteiger partial charge on any atom is -0.756 e. The van der Waals surface area contributed by atoms with Crippen LogP contribution >= 0.6 is 7.82 Å². The molecule has 10 heteroatoms. The molecule has 516 valence electrons. The summed E-state index contributed by atoms with van der Waals surface area (Å²) in [5, 5.41) is 0.